The molecule has 2 aromatic rings. The standard InChI is InChI=1S/C18H18Cl2O5/c1-2-24-18(23)17(22)16(21)12-4-6-13(7-5-12)25-10-11-3-8-14(19)15(20)9-11/h3-9,16-17,21-22H,2,10H2,1H3. The van der Waals surface area contributed by atoms with Crippen LogP contribution in [-0.4, -0.2) is 28.9 Å². The first-order valence-electron chi connectivity index (χ1n) is 7.61. The molecule has 0 aromatic heterocycles. The van der Waals surface area contributed by atoms with Gasteiger partial charge < -0.3 is 19.7 Å². The maximum absolute atomic E-state index is 11.5. The minimum atomic E-state index is -1.64. The zero-order valence-corrected chi connectivity index (χ0v) is 15.0. The average Bonchev–Trinajstić information content (AvgIpc) is 2.62. The molecule has 0 fully saturated rings. The van der Waals surface area contributed by atoms with E-state index in [2.05, 4.69) is 4.74 Å². The van der Waals surface area contributed by atoms with Crippen LogP contribution >= 0.6 is 23.2 Å². The number of hydrogen-bond donors (Lipinski definition) is 2. The molecule has 0 spiro atoms. The molecule has 5 nitrogen and oxygen atoms in total. The van der Waals surface area contributed by atoms with Gasteiger partial charge in [0.2, 0.25) is 0 Å². The normalized spacial score (nSPS) is 13.2. The van der Waals surface area contributed by atoms with Crippen LogP contribution in [-0.2, 0) is 16.1 Å². The largest absolute Gasteiger partial charge is 0.489 e. The Balaban J connectivity index is 1.97. The second-order valence-electron chi connectivity index (χ2n) is 5.25. The Bertz CT molecular complexity index is 718. The summed E-state index contributed by atoms with van der Waals surface area (Å²) in [6, 6.07) is 11.6. The Kier molecular flexibility index (Phi) is 7.08. The molecule has 0 saturated carbocycles. The average molecular weight is 385 g/mol. The van der Waals surface area contributed by atoms with Gasteiger partial charge in [-0.25, -0.2) is 4.79 Å². The third kappa shape index (κ3) is 5.34. The third-order valence-electron chi connectivity index (χ3n) is 3.44. The van der Waals surface area contributed by atoms with Crippen molar-refractivity contribution in [2.75, 3.05) is 6.61 Å². The van der Waals surface area contributed by atoms with Crippen molar-refractivity contribution in [3.8, 4) is 5.75 Å². The summed E-state index contributed by atoms with van der Waals surface area (Å²) in [6.07, 6.45) is -3.01. The predicted octanol–water partition coefficient (Wildman–Crippen LogP) is 3.53. The Labute approximate surface area is 155 Å². The number of esters is 1. The molecule has 0 amide bonds. The predicted molar refractivity (Wildman–Crippen MR) is 94.8 cm³/mol. The van der Waals surface area contributed by atoms with Crippen LogP contribution in [0.3, 0.4) is 0 Å². The van der Waals surface area contributed by atoms with Gasteiger partial charge in [0, 0.05) is 0 Å². The second-order valence-corrected chi connectivity index (χ2v) is 6.06. The van der Waals surface area contributed by atoms with E-state index in [0.29, 0.717) is 28.0 Å². The molecule has 2 atom stereocenters. The quantitative estimate of drug-likeness (QED) is 0.714. The summed E-state index contributed by atoms with van der Waals surface area (Å²) >= 11 is 11.8. The highest BCUT2D eigenvalue weighted by molar-refractivity contribution is 6.42. The van der Waals surface area contributed by atoms with Crippen molar-refractivity contribution >= 4 is 29.2 Å². The van der Waals surface area contributed by atoms with Crippen molar-refractivity contribution in [3.63, 3.8) is 0 Å². The van der Waals surface area contributed by atoms with Crippen molar-refractivity contribution < 1.29 is 24.5 Å². The highest BCUT2D eigenvalue weighted by Gasteiger charge is 2.26. The van der Waals surface area contributed by atoms with E-state index in [0.717, 1.165) is 5.56 Å². The smallest absolute Gasteiger partial charge is 0.338 e. The van der Waals surface area contributed by atoms with Gasteiger partial charge in [-0.1, -0.05) is 41.4 Å². The monoisotopic (exact) mass is 384 g/mol. The lowest BCUT2D eigenvalue weighted by molar-refractivity contribution is -0.159. The van der Waals surface area contributed by atoms with Gasteiger partial charge in [-0.2, -0.15) is 0 Å². The number of aliphatic hydroxyl groups is 2. The molecule has 0 saturated heterocycles. The Morgan fingerprint density at radius 2 is 1.76 bits per heavy atom. The number of ether oxygens (including phenoxy) is 2. The minimum absolute atomic E-state index is 0.129. The van der Waals surface area contributed by atoms with Crippen LogP contribution in [0.1, 0.15) is 24.2 Å². The Morgan fingerprint density at radius 1 is 1.08 bits per heavy atom. The summed E-state index contributed by atoms with van der Waals surface area (Å²) in [6.45, 7) is 2.05. The number of benzene rings is 2. The Morgan fingerprint density at radius 3 is 2.36 bits per heavy atom. The molecule has 0 aliphatic carbocycles. The van der Waals surface area contributed by atoms with Crippen LogP contribution in [0.25, 0.3) is 0 Å². The van der Waals surface area contributed by atoms with Crippen molar-refractivity contribution in [2.45, 2.75) is 25.7 Å². The van der Waals surface area contributed by atoms with Gasteiger partial charge >= 0.3 is 5.97 Å². The number of halogens is 2. The molecule has 134 valence electrons. The topological polar surface area (TPSA) is 76.0 Å². The molecule has 2 unspecified atom stereocenters. The van der Waals surface area contributed by atoms with Gasteiger partial charge in [-0.05, 0) is 42.3 Å². The molecule has 25 heavy (non-hydrogen) atoms. The lowest BCUT2D eigenvalue weighted by Gasteiger charge is -2.17. The van der Waals surface area contributed by atoms with Crippen LogP contribution in [0.2, 0.25) is 10.0 Å². The molecule has 0 aliphatic heterocycles. The summed E-state index contributed by atoms with van der Waals surface area (Å²) < 4.78 is 10.3. The van der Waals surface area contributed by atoms with E-state index in [-0.39, 0.29) is 6.61 Å². The number of carbonyl (C=O) groups excluding carboxylic acids is 1. The van der Waals surface area contributed by atoms with Crippen LogP contribution < -0.4 is 4.74 Å². The summed E-state index contributed by atoms with van der Waals surface area (Å²) in [5.74, 6) is -0.303. The first-order chi connectivity index (χ1) is 11.9. The minimum Gasteiger partial charge on any atom is -0.489 e. The SMILES string of the molecule is CCOC(=O)C(O)C(O)c1ccc(OCc2ccc(Cl)c(Cl)c2)cc1. The van der Waals surface area contributed by atoms with Gasteiger partial charge in [0.25, 0.3) is 0 Å². The van der Waals surface area contributed by atoms with Crippen molar-refractivity contribution in [3.05, 3.63) is 63.6 Å². The summed E-state index contributed by atoms with van der Waals surface area (Å²) in [5.41, 5.74) is 1.23. The molecule has 2 N–H and O–H groups in total. The van der Waals surface area contributed by atoms with Gasteiger partial charge in [0.05, 0.1) is 16.7 Å². The van der Waals surface area contributed by atoms with E-state index in [1.165, 1.54) is 0 Å². The fraction of sp³-hybridized carbons (Fsp3) is 0.278. The molecule has 0 heterocycles. The molecule has 7 heteroatoms. The highest BCUT2D eigenvalue weighted by Crippen LogP contribution is 2.24. The van der Waals surface area contributed by atoms with Crippen LogP contribution in [0.15, 0.2) is 42.5 Å². The molecule has 0 radical (unpaired) electrons. The molecule has 2 rings (SSSR count). The van der Waals surface area contributed by atoms with Gasteiger partial charge in [0.15, 0.2) is 6.10 Å². The summed E-state index contributed by atoms with van der Waals surface area (Å²) in [4.78, 5) is 11.5. The maximum Gasteiger partial charge on any atom is 0.338 e. The third-order valence-corrected chi connectivity index (χ3v) is 4.18. The van der Waals surface area contributed by atoms with E-state index in [4.69, 9.17) is 27.9 Å². The Hall–Kier alpha value is -1.79. The number of carbonyl (C=O) groups is 1. The highest BCUT2D eigenvalue weighted by atomic mass is 35.5. The van der Waals surface area contributed by atoms with E-state index in [9.17, 15) is 15.0 Å². The van der Waals surface area contributed by atoms with Gasteiger partial charge in [-0.3, -0.25) is 0 Å². The summed E-state index contributed by atoms with van der Waals surface area (Å²) in [7, 11) is 0. The lowest BCUT2D eigenvalue weighted by atomic mass is 10.0. The second kappa shape index (κ2) is 9.06. The van der Waals surface area contributed by atoms with E-state index < -0.39 is 18.2 Å². The molecule has 0 bridgehead atoms. The van der Waals surface area contributed by atoms with E-state index in [1.807, 2.05) is 6.07 Å². The fourth-order valence-electron chi connectivity index (χ4n) is 2.10. The fourth-order valence-corrected chi connectivity index (χ4v) is 2.42. The van der Waals surface area contributed by atoms with Crippen molar-refractivity contribution in [1.82, 2.24) is 0 Å². The first-order valence-corrected chi connectivity index (χ1v) is 8.37. The molecule has 0 aliphatic rings. The van der Waals surface area contributed by atoms with E-state index >= 15 is 0 Å². The molecular formula is C18H18Cl2O5. The molecular weight excluding hydrogens is 367 g/mol. The lowest BCUT2D eigenvalue weighted by Crippen LogP contribution is -2.29. The van der Waals surface area contributed by atoms with Crippen LogP contribution in [0.4, 0.5) is 0 Å². The number of rotatable bonds is 7. The summed E-state index contributed by atoms with van der Waals surface area (Å²) in [5, 5.41) is 20.7. The van der Waals surface area contributed by atoms with Gasteiger partial charge in [-0.15, -0.1) is 0 Å². The zero-order chi connectivity index (χ0) is 18.4. The van der Waals surface area contributed by atoms with Crippen LogP contribution in [0, 0.1) is 0 Å². The van der Waals surface area contributed by atoms with Crippen molar-refractivity contribution in [2.24, 2.45) is 0 Å². The molecule has 2 aromatic carbocycles. The maximum atomic E-state index is 11.5. The van der Waals surface area contributed by atoms with Crippen molar-refractivity contribution in [1.29, 1.82) is 0 Å². The number of hydrogen-bond acceptors (Lipinski definition) is 5. The number of aliphatic hydroxyl groups excluding tert-OH is 2. The van der Waals surface area contributed by atoms with E-state index in [1.54, 1.807) is 43.3 Å². The zero-order valence-electron chi connectivity index (χ0n) is 13.5. The first kappa shape index (κ1) is 19.5. The van der Waals surface area contributed by atoms with Crippen LogP contribution in [0.5, 0.6) is 5.75 Å². The van der Waals surface area contributed by atoms with Gasteiger partial charge in [0.1, 0.15) is 18.5 Å².